The zero-order valence-corrected chi connectivity index (χ0v) is 14.4. The summed E-state index contributed by atoms with van der Waals surface area (Å²) in [7, 11) is -16.3. The summed E-state index contributed by atoms with van der Waals surface area (Å²) >= 11 is 0. The maximum atomic E-state index is 11.6. The summed E-state index contributed by atoms with van der Waals surface area (Å²) in [6.07, 6.45) is 0.159. The lowest BCUT2D eigenvalue weighted by Gasteiger charge is -2.19. The average molecular weight is 409 g/mol. The lowest BCUT2D eigenvalue weighted by atomic mass is 10.1. The maximum Gasteiger partial charge on any atom is 0.490 e. The van der Waals surface area contributed by atoms with Crippen molar-refractivity contribution in [3.8, 4) is 0 Å². The van der Waals surface area contributed by atoms with Crippen LogP contribution in [0.15, 0.2) is 17.8 Å². The SMILES string of the molecule is C=C[C@H]1CC(N=[N+]=[N-])[C@@H](COP(=O)(O)OP(=O)(O)OP(=O)(O)O)O1. The summed E-state index contributed by atoms with van der Waals surface area (Å²) in [5.41, 5.74) is 8.44. The minimum Gasteiger partial charge on any atom is -0.368 e. The van der Waals surface area contributed by atoms with Crippen LogP contribution in [0.1, 0.15) is 6.42 Å². The highest BCUT2D eigenvalue weighted by Crippen LogP contribution is 2.66. The van der Waals surface area contributed by atoms with Crippen LogP contribution in [0.3, 0.4) is 0 Å². The van der Waals surface area contributed by atoms with Gasteiger partial charge in [-0.1, -0.05) is 11.2 Å². The molecule has 4 N–H and O–H groups in total. The molecule has 1 saturated heterocycles. The van der Waals surface area contributed by atoms with Crippen molar-refractivity contribution in [1.82, 2.24) is 0 Å². The molecule has 1 aliphatic rings. The molecule has 0 aromatic heterocycles. The number of nitrogens with zero attached hydrogens (tertiary/aromatic N) is 3. The molecule has 0 aromatic carbocycles. The predicted molar refractivity (Wildman–Crippen MR) is 76.2 cm³/mol. The molecule has 1 heterocycles. The van der Waals surface area contributed by atoms with Crippen molar-refractivity contribution in [2.45, 2.75) is 24.7 Å². The van der Waals surface area contributed by atoms with Gasteiger partial charge in [-0.05, 0) is 12.0 Å². The summed E-state index contributed by atoms with van der Waals surface area (Å²) in [6, 6.07) is -0.759. The van der Waals surface area contributed by atoms with Gasteiger partial charge in [0.2, 0.25) is 0 Å². The Balaban J connectivity index is 2.69. The first-order valence-corrected chi connectivity index (χ1v) is 10.5. The minimum atomic E-state index is -5.58. The second kappa shape index (κ2) is 8.20. The van der Waals surface area contributed by atoms with Crippen molar-refractivity contribution in [2.75, 3.05) is 6.61 Å². The van der Waals surface area contributed by atoms with E-state index >= 15 is 0 Å². The van der Waals surface area contributed by atoms with Gasteiger partial charge in [-0.25, -0.2) is 13.7 Å². The molecule has 1 rings (SSSR count). The van der Waals surface area contributed by atoms with Gasteiger partial charge in [-0.2, -0.15) is 8.62 Å². The van der Waals surface area contributed by atoms with Gasteiger partial charge >= 0.3 is 23.5 Å². The van der Waals surface area contributed by atoms with Crippen molar-refractivity contribution in [1.29, 1.82) is 0 Å². The third-order valence-electron chi connectivity index (χ3n) is 2.53. The molecular formula is C7H14N3O11P3. The second-order valence-corrected chi connectivity index (χ2v) is 8.76. The molecule has 0 aliphatic carbocycles. The van der Waals surface area contributed by atoms with Crippen molar-refractivity contribution < 1.29 is 51.2 Å². The molecular weight excluding hydrogens is 395 g/mol. The van der Waals surface area contributed by atoms with Gasteiger partial charge in [0, 0.05) is 4.91 Å². The molecule has 1 aliphatic heterocycles. The van der Waals surface area contributed by atoms with Gasteiger partial charge in [-0.3, -0.25) is 4.52 Å². The summed E-state index contributed by atoms with van der Waals surface area (Å²) < 4.78 is 50.0. The number of hydrogen-bond donors (Lipinski definition) is 4. The van der Waals surface area contributed by atoms with E-state index in [-0.39, 0.29) is 6.42 Å². The van der Waals surface area contributed by atoms with Crippen LogP contribution in [0.4, 0.5) is 0 Å². The summed E-state index contributed by atoms with van der Waals surface area (Å²) in [5.74, 6) is 0. The highest BCUT2D eigenvalue weighted by Gasteiger charge is 2.42. The van der Waals surface area contributed by atoms with Gasteiger partial charge in [0.05, 0.1) is 24.9 Å². The van der Waals surface area contributed by atoms with E-state index in [4.69, 9.17) is 24.9 Å². The molecule has 17 heteroatoms. The van der Waals surface area contributed by atoms with E-state index in [2.05, 4.69) is 29.7 Å². The zero-order chi connectivity index (χ0) is 18.6. The van der Waals surface area contributed by atoms with E-state index < -0.39 is 48.3 Å². The van der Waals surface area contributed by atoms with E-state index in [0.29, 0.717) is 0 Å². The Morgan fingerprint density at radius 1 is 1.25 bits per heavy atom. The van der Waals surface area contributed by atoms with E-state index in [9.17, 15) is 18.6 Å². The number of ether oxygens (including phenoxy) is 1. The largest absolute Gasteiger partial charge is 0.490 e. The van der Waals surface area contributed by atoms with Crippen molar-refractivity contribution in [2.24, 2.45) is 5.11 Å². The zero-order valence-electron chi connectivity index (χ0n) is 11.8. The third kappa shape index (κ3) is 7.54. The first-order chi connectivity index (χ1) is 10.9. The highest BCUT2D eigenvalue weighted by molar-refractivity contribution is 7.66. The molecule has 3 unspecified atom stereocenters. The lowest BCUT2D eigenvalue weighted by molar-refractivity contribution is 0.0246. The molecule has 0 saturated carbocycles. The molecule has 138 valence electrons. The van der Waals surface area contributed by atoms with Gasteiger partial charge in [0.15, 0.2) is 0 Å². The van der Waals surface area contributed by atoms with E-state index in [1.54, 1.807) is 0 Å². The average Bonchev–Trinajstić information content (AvgIpc) is 2.75. The van der Waals surface area contributed by atoms with Crippen molar-refractivity contribution in [3.63, 3.8) is 0 Å². The molecule has 0 radical (unpaired) electrons. The number of phosphoric acid groups is 3. The maximum absolute atomic E-state index is 11.6. The van der Waals surface area contributed by atoms with Crippen LogP contribution in [0.5, 0.6) is 0 Å². The lowest BCUT2D eigenvalue weighted by Crippen LogP contribution is -2.24. The van der Waals surface area contributed by atoms with E-state index in [1.165, 1.54) is 6.08 Å². The highest BCUT2D eigenvalue weighted by atomic mass is 31.3. The normalized spacial score (nSPS) is 29.2. The molecule has 0 spiro atoms. The quantitative estimate of drug-likeness (QED) is 0.140. The Kier molecular flexibility index (Phi) is 7.33. The Hall–Kier alpha value is -0.580. The van der Waals surface area contributed by atoms with Gasteiger partial charge in [0.25, 0.3) is 0 Å². The van der Waals surface area contributed by atoms with Gasteiger partial charge in [-0.15, -0.1) is 6.58 Å². The van der Waals surface area contributed by atoms with Crippen LogP contribution in [-0.2, 0) is 31.6 Å². The molecule has 0 amide bonds. The fraction of sp³-hybridized carbons (Fsp3) is 0.714. The third-order valence-corrected chi connectivity index (χ3v) is 6.34. The Morgan fingerprint density at radius 2 is 1.88 bits per heavy atom. The van der Waals surface area contributed by atoms with E-state index in [0.717, 1.165) is 0 Å². The summed E-state index contributed by atoms with van der Waals surface area (Å²) in [4.78, 5) is 37.7. The van der Waals surface area contributed by atoms with Crippen LogP contribution < -0.4 is 0 Å². The van der Waals surface area contributed by atoms with Crippen molar-refractivity contribution in [3.05, 3.63) is 23.1 Å². The summed E-state index contributed by atoms with van der Waals surface area (Å²) in [6.45, 7) is 2.79. The van der Waals surface area contributed by atoms with E-state index in [1.807, 2.05) is 0 Å². The smallest absolute Gasteiger partial charge is 0.368 e. The number of hydrogen-bond acceptors (Lipinski definition) is 8. The van der Waals surface area contributed by atoms with Gasteiger partial charge < -0.3 is 24.3 Å². The van der Waals surface area contributed by atoms with Crippen LogP contribution in [0.2, 0.25) is 0 Å². The van der Waals surface area contributed by atoms with Crippen LogP contribution in [0.25, 0.3) is 10.4 Å². The molecule has 5 atom stereocenters. The Labute approximate surface area is 135 Å². The van der Waals surface area contributed by atoms with Crippen LogP contribution in [-0.4, -0.2) is 44.4 Å². The Bertz CT molecular complexity index is 657. The number of rotatable bonds is 9. The second-order valence-electron chi connectivity index (χ2n) is 4.34. The first-order valence-electron chi connectivity index (χ1n) is 5.98. The number of phosphoric ester groups is 1. The summed E-state index contributed by atoms with van der Waals surface area (Å²) in [5, 5.41) is 3.41. The van der Waals surface area contributed by atoms with Crippen LogP contribution >= 0.6 is 23.5 Å². The molecule has 0 bridgehead atoms. The number of azide groups is 1. The standard InChI is InChI=1S/C7H14N3O11P3/c1-2-5-3-6(9-10-8)7(19-5)4-18-23(14,15)21-24(16,17)20-22(11,12)13/h2,5-7H,1,3-4H2,(H,14,15)(H,16,17)(H2,11,12,13)/t5-,6?,7+/m0/s1. The molecule has 0 aromatic rings. The Morgan fingerprint density at radius 3 is 2.38 bits per heavy atom. The van der Waals surface area contributed by atoms with Gasteiger partial charge in [0.1, 0.15) is 0 Å². The topological polar surface area (TPSA) is 218 Å². The molecule has 1 fully saturated rings. The fourth-order valence-electron chi connectivity index (χ4n) is 1.72. The molecule has 14 nitrogen and oxygen atoms in total. The van der Waals surface area contributed by atoms with Crippen LogP contribution in [0, 0.1) is 0 Å². The first kappa shape index (κ1) is 21.5. The predicted octanol–water partition coefficient (Wildman–Crippen LogP) is 1.35. The van der Waals surface area contributed by atoms with Crippen molar-refractivity contribution >= 4 is 23.5 Å². The monoisotopic (exact) mass is 409 g/mol. The fourth-order valence-corrected chi connectivity index (χ4v) is 4.75. The minimum absolute atomic E-state index is 0.234. The molecule has 24 heavy (non-hydrogen) atoms.